The van der Waals surface area contributed by atoms with Crippen molar-refractivity contribution < 1.29 is 4.79 Å². The number of aromatic nitrogens is 4. The van der Waals surface area contributed by atoms with E-state index in [1.807, 2.05) is 47.4 Å². The second-order valence-corrected chi connectivity index (χ2v) is 6.52. The molecular weight excluding hydrogens is 328 g/mol. The quantitative estimate of drug-likeness (QED) is 0.771. The maximum absolute atomic E-state index is 12.9. The third kappa shape index (κ3) is 3.09. The Labute approximate surface area is 151 Å². The lowest BCUT2D eigenvalue weighted by molar-refractivity contribution is 0.0786. The third-order valence-corrected chi connectivity index (χ3v) is 4.99. The lowest BCUT2D eigenvalue weighted by atomic mass is 9.89. The summed E-state index contributed by atoms with van der Waals surface area (Å²) in [6, 6.07) is 17.6. The number of nitrogens with zero attached hydrogens (tertiary/aromatic N) is 5. The third-order valence-electron chi connectivity index (χ3n) is 4.99. The highest BCUT2D eigenvalue weighted by molar-refractivity contribution is 5.94. The Kier molecular flexibility index (Phi) is 4.45. The van der Waals surface area contributed by atoms with E-state index in [9.17, 15) is 4.79 Å². The molecule has 2 N–H and O–H groups in total. The SMILES string of the molecule is NC[C@@H]1CN(C(=O)c2ccc(-n3cnnn3)cc2)C[C@H]1c1ccccc1. The van der Waals surface area contributed by atoms with Crippen LogP contribution in [-0.2, 0) is 0 Å². The van der Waals surface area contributed by atoms with Crippen molar-refractivity contribution in [2.75, 3.05) is 19.6 Å². The highest BCUT2D eigenvalue weighted by atomic mass is 16.2. The largest absolute Gasteiger partial charge is 0.338 e. The number of tetrazole rings is 1. The summed E-state index contributed by atoms with van der Waals surface area (Å²) in [5, 5.41) is 11.1. The molecule has 7 heteroatoms. The molecule has 2 heterocycles. The Bertz CT molecular complexity index is 863. The van der Waals surface area contributed by atoms with E-state index in [1.54, 1.807) is 4.68 Å². The summed E-state index contributed by atoms with van der Waals surface area (Å²) in [7, 11) is 0. The molecule has 132 valence electrons. The summed E-state index contributed by atoms with van der Waals surface area (Å²) in [5.41, 5.74) is 8.69. The fourth-order valence-electron chi connectivity index (χ4n) is 3.57. The molecule has 1 fully saturated rings. The monoisotopic (exact) mass is 348 g/mol. The Morgan fingerprint density at radius 1 is 1.08 bits per heavy atom. The van der Waals surface area contributed by atoms with Crippen molar-refractivity contribution >= 4 is 5.91 Å². The number of carbonyl (C=O) groups excluding carboxylic acids is 1. The van der Waals surface area contributed by atoms with Gasteiger partial charge in [0.15, 0.2) is 0 Å². The van der Waals surface area contributed by atoms with Crippen LogP contribution in [0.15, 0.2) is 60.9 Å². The normalized spacial score (nSPS) is 19.7. The van der Waals surface area contributed by atoms with Gasteiger partial charge in [-0.05, 0) is 52.7 Å². The first-order valence-electron chi connectivity index (χ1n) is 8.64. The number of carbonyl (C=O) groups is 1. The predicted octanol–water partition coefficient (Wildman–Crippen LogP) is 1.48. The molecule has 1 aliphatic heterocycles. The van der Waals surface area contributed by atoms with Crippen LogP contribution in [0, 0.1) is 5.92 Å². The molecule has 1 aliphatic rings. The van der Waals surface area contributed by atoms with Crippen LogP contribution < -0.4 is 5.73 Å². The topological polar surface area (TPSA) is 89.9 Å². The first-order chi connectivity index (χ1) is 12.8. The maximum atomic E-state index is 12.9. The van der Waals surface area contributed by atoms with Gasteiger partial charge in [-0.15, -0.1) is 5.10 Å². The van der Waals surface area contributed by atoms with Crippen LogP contribution >= 0.6 is 0 Å². The van der Waals surface area contributed by atoms with Crippen molar-refractivity contribution in [3.8, 4) is 5.69 Å². The number of hydrogen-bond acceptors (Lipinski definition) is 5. The molecule has 1 saturated heterocycles. The van der Waals surface area contributed by atoms with Crippen molar-refractivity contribution in [3.63, 3.8) is 0 Å². The van der Waals surface area contributed by atoms with E-state index in [1.165, 1.54) is 11.9 Å². The maximum Gasteiger partial charge on any atom is 0.253 e. The Morgan fingerprint density at radius 2 is 1.85 bits per heavy atom. The van der Waals surface area contributed by atoms with Crippen LogP contribution in [0.4, 0.5) is 0 Å². The van der Waals surface area contributed by atoms with Gasteiger partial charge in [0, 0.05) is 24.6 Å². The van der Waals surface area contributed by atoms with E-state index in [0.29, 0.717) is 25.2 Å². The number of benzene rings is 2. The minimum atomic E-state index is 0.0325. The minimum Gasteiger partial charge on any atom is -0.338 e. The van der Waals surface area contributed by atoms with Gasteiger partial charge >= 0.3 is 0 Å². The lowest BCUT2D eigenvalue weighted by Gasteiger charge is -2.17. The molecule has 2 aromatic carbocycles. The van der Waals surface area contributed by atoms with Gasteiger partial charge in [0.05, 0.1) is 5.69 Å². The fraction of sp³-hybridized carbons (Fsp3) is 0.263. The zero-order valence-electron chi connectivity index (χ0n) is 14.3. The molecular formula is C19H20N6O. The van der Waals surface area contributed by atoms with E-state index in [4.69, 9.17) is 5.73 Å². The highest BCUT2D eigenvalue weighted by Gasteiger charge is 2.35. The standard InChI is InChI=1S/C19H20N6O/c20-10-16-11-24(12-18(16)14-4-2-1-3-5-14)19(26)15-6-8-17(9-7-15)25-13-21-22-23-25/h1-9,13,16,18H,10-12,20H2/t16-,18+/m1/s1. The van der Waals surface area contributed by atoms with Crippen molar-refractivity contribution in [3.05, 3.63) is 72.1 Å². The average molecular weight is 348 g/mol. The lowest BCUT2D eigenvalue weighted by Crippen LogP contribution is -2.29. The van der Waals surface area contributed by atoms with Gasteiger partial charge in [0.25, 0.3) is 5.91 Å². The molecule has 7 nitrogen and oxygen atoms in total. The first-order valence-corrected chi connectivity index (χ1v) is 8.64. The van der Waals surface area contributed by atoms with Gasteiger partial charge in [-0.25, -0.2) is 4.68 Å². The molecule has 0 unspecified atom stereocenters. The molecule has 0 saturated carbocycles. The van der Waals surface area contributed by atoms with E-state index in [2.05, 4.69) is 27.7 Å². The summed E-state index contributed by atoms with van der Waals surface area (Å²) in [6.07, 6.45) is 1.52. The number of rotatable bonds is 4. The van der Waals surface area contributed by atoms with Gasteiger partial charge in [-0.3, -0.25) is 4.79 Å². The van der Waals surface area contributed by atoms with Crippen molar-refractivity contribution in [1.29, 1.82) is 0 Å². The second kappa shape index (κ2) is 7.05. The van der Waals surface area contributed by atoms with Gasteiger partial charge < -0.3 is 10.6 Å². The van der Waals surface area contributed by atoms with E-state index in [-0.39, 0.29) is 17.7 Å². The molecule has 3 aromatic rings. The van der Waals surface area contributed by atoms with Crippen LogP contribution in [0.1, 0.15) is 21.8 Å². The fourth-order valence-corrected chi connectivity index (χ4v) is 3.57. The molecule has 0 bridgehead atoms. The van der Waals surface area contributed by atoms with E-state index in [0.717, 1.165) is 5.69 Å². The molecule has 1 amide bonds. The molecule has 0 radical (unpaired) electrons. The van der Waals surface area contributed by atoms with Gasteiger partial charge in [-0.2, -0.15) is 0 Å². The molecule has 26 heavy (non-hydrogen) atoms. The van der Waals surface area contributed by atoms with Crippen molar-refractivity contribution in [2.24, 2.45) is 11.7 Å². The molecule has 1 aromatic heterocycles. The molecule has 2 atom stereocenters. The molecule has 4 rings (SSSR count). The van der Waals surface area contributed by atoms with Crippen LogP contribution in [0.2, 0.25) is 0 Å². The number of likely N-dealkylation sites (tertiary alicyclic amines) is 1. The minimum absolute atomic E-state index is 0.0325. The number of nitrogens with two attached hydrogens (primary N) is 1. The summed E-state index contributed by atoms with van der Waals surface area (Å²) < 4.78 is 1.56. The zero-order valence-corrected chi connectivity index (χ0v) is 14.3. The van der Waals surface area contributed by atoms with Gasteiger partial charge in [-0.1, -0.05) is 30.3 Å². The predicted molar refractivity (Wildman–Crippen MR) is 96.8 cm³/mol. The number of amides is 1. The van der Waals surface area contributed by atoms with Crippen molar-refractivity contribution in [2.45, 2.75) is 5.92 Å². The van der Waals surface area contributed by atoms with Crippen LogP contribution in [-0.4, -0.2) is 50.6 Å². The van der Waals surface area contributed by atoms with E-state index < -0.39 is 0 Å². The van der Waals surface area contributed by atoms with Gasteiger partial charge in [0.1, 0.15) is 6.33 Å². The van der Waals surface area contributed by atoms with Gasteiger partial charge in [0.2, 0.25) is 0 Å². The highest BCUT2D eigenvalue weighted by Crippen LogP contribution is 2.32. The first kappa shape index (κ1) is 16.4. The van der Waals surface area contributed by atoms with Crippen molar-refractivity contribution in [1.82, 2.24) is 25.1 Å². The van der Waals surface area contributed by atoms with E-state index >= 15 is 0 Å². The van der Waals surface area contributed by atoms with Crippen LogP contribution in [0.25, 0.3) is 5.69 Å². The Hall–Kier alpha value is -3.06. The average Bonchev–Trinajstić information content (AvgIpc) is 3.38. The second-order valence-electron chi connectivity index (χ2n) is 6.52. The summed E-state index contributed by atoms with van der Waals surface area (Å²) >= 11 is 0. The van der Waals surface area contributed by atoms with Crippen LogP contribution in [0.5, 0.6) is 0 Å². The Balaban J connectivity index is 1.51. The molecule has 0 aliphatic carbocycles. The smallest absolute Gasteiger partial charge is 0.253 e. The summed E-state index contributed by atoms with van der Waals surface area (Å²) in [5.74, 6) is 0.595. The Morgan fingerprint density at radius 3 is 2.50 bits per heavy atom. The summed E-state index contributed by atoms with van der Waals surface area (Å²) in [4.78, 5) is 14.8. The summed E-state index contributed by atoms with van der Waals surface area (Å²) in [6.45, 7) is 1.95. The number of hydrogen-bond donors (Lipinski definition) is 1. The molecule has 0 spiro atoms. The zero-order chi connectivity index (χ0) is 17.9. The van der Waals surface area contributed by atoms with Crippen LogP contribution in [0.3, 0.4) is 0 Å².